The highest BCUT2D eigenvalue weighted by Gasteiger charge is 2.36. The number of halogens is 1. The van der Waals surface area contributed by atoms with Crippen LogP contribution in [0.3, 0.4) is 0 Å². The van der Waals surface area contributed by atoms with Crippen LogP contribution in [0.25, 0.3) is 0 Å². The predicted molar refractivity (Wildman–Crippen MR) is 101 cm³/mol. The number of carbonyl (C=O) groups excluding carboxylic acids is 2. The van der Waals surface area contributed by atoms with Gasteiger partial charge in [0.1, 0.15) is 0 Å². The molecule has 7 nitrogen and oxygen atoms in total. The van der Waals surface area contributed by atoms with Gasteiger partial charge in [-0.3, -0.25) is 19.4 Å². The van der Waals surface area contributed by atoms with Gasteiger partial charge in [0.25, 0.3) is 0 Å². The standard InChI is InChI=1S/C19H29N5O2.ClH/c1-19(2)14-16(25)24(17(26)15-19)9-4-3-8-22-10-12-23(13-11-22)18-20-6-5-7-21-18;/h5-7H,3-4,8-15H2,1-2H3;1H. The zero-order valence-corrected chi connectivity index (χ0v) is 17.0. The Labute approximate surface area is 169 Å². The SMILES string of the molecule is CC1(C)CC(=O)N(CCCCN2CCN(c3ncccn3)CC2)C(=O)C1.[Cl-].[H+]. The summed E-state index contributed by atoms with van der Waals surface area (Å²) in [6.45, 7) is 9.39. The predicted octanol–water partition coefficient (Wildman–Crippen LogP) is -1.33. The first kappa shape index (κ1) is 21.6. The van der Waals surface area contributed by atoms with Crippen LogP contribution in [0.4, 0.5) is 5.95 Å². The van der Waals surface area contributed by atoms with E-state index in [9.17, 15) is 9.59 Å². The van der Waals surface area contributed by atoms with Crippen LogP contribution in [-0.2, 0) is 9.59 Å². The Balaban J connectivity index is 0.00000196. The van der Waals surface area contributed by atoms with Gasteiger partial charge in [-0.25, -0.2) is 9.97 Å². The number of hydrogen-bond donors (Lipinski definition) is 0. The summed E-state index contributed by atoms with van der Waals surface area (Å²) in [6, 6.07) is 1.83. The van der Waals surface area contributed by atoms with Crippen molar-refractivity contribution < 1.29 is 23.4 Å². The second-order valence-corrected chi connectivity index (χ2v) is 8.04. The van der Waals surface area contributed by atoms with Crippen LogP contribution in [0.15, 0.2) is 18.5 Å². The average Bonchev–Trinajstić information content (AvgIpc) is 2.61. The summed E-state index contributed by atoms with van der Waals surface area (Å²) in [7, 11) is 0. The molecule has 2 saturated heterocycles. The van der Waals surface area contributed by atoms with Crippen molar-refractivity contribution in [3.63, 3.8) is 0 Å². The molecule has 2 fully saturated rings. The van der Waals surface area contributed by atoms with E-state index in [-0.39, 0.29) is 31.1 Å². The number of piperazine rings is 1. The third kappa shape index (κ3) is 5.87. The number of piperidine rings is 1. The lowest BCUT2D eigenvalue weighted by Gasteiger charge is -2.35. The number of aromatic nitrogens is 2. The van der Waals surface area contributed by atoms with Crippen molar-refractivity contribution in [3.8, 4) is 0 Å². The Morgan fingerprint density at radius 3 is 2.11 bits per heavy atom. The van der Waals surface area contributed by atoms with E-state index in [2.05, 4.69) is 19.8 Å². The Morgan fingerprint density at radius 2 is 1.52 bits per heavy atom. The maximum atomic E-state index is 12.2. The molecule has 0 aromatic carbocycles. The Kier molecular flexibility index (Phi) is 7.56. The number of amides is 2. The van der Waals surface area contributed by atoms with Crippen molar-refractivity contribution in [3.05, 3.63) is 18.5 Å². The van der Waals surface area contributed by atoms with Gasteiger partial charge >= 0.3 is 1.43 Å². The summed E-state index contributed by atoms with van der Waals surface area (Å²) < 4.78 is 0. The first-order chi connectivity index (χ1) is 12.4. The minimum atomic E-state index is -0.188. The van der Waals surface area contributed by atoms with Crippen molar-refractivity contribution in [2.24, 2.45) is 5.41 Å². The summed E-state index contributed by atoms with van der Waals surface area (Å²) in [6.07, 6.45) is 6.38. The molecule has 0 N–H and O–H groups in total. The van der Waals surface area contributed by atoms with Crippen LogP contribution < -0.4 is 17.3 Å². The average molecular weight is 396 g/mol. The van der Waals surface area contributed by atoms with Gasteiger partial charge in [0, 0.05) is 58.0 Å². The van der Waals surface area contributed by atoms with E-state index < -0.39 is 0 Å². The number of carbonyl (C=O) groups is 2. The van der Waals surface area contributed by atoms with E-state index in [1.54, 1.807) is 12.4 Å². The first-order valence-corrected chi connectivity index (χ1v) is 9.52. The van der Waals surface area contributed by atoms with Crippen LogP contribution in [-0.4, -0.2) is 70.9 Å². The summed E-state index contributed by atoms with van der Waals surface area (Å²) in [5, 5.41) is 0. The van der Waals surface area contributed by atoms with E-state index in [4.69, 9.17) is 0 Å². The third-order valence-electron chi connectivity index (χ3n) is 5.18. The minimum Gasteiger partial charge on any atom is -1.00 e. The third-order valence-corrected chi connectivity index (χ3v) is 5.18. The molecule has 0 bridgehead atoms. The van der Waals surface area contributed by atoms with E-state index in [0.29, 0.717) is 19.4 Å². The highest BCUT2D eigenvalue weighted by atomic mass is 35.5. The van der Waals surface area contributed by atoms with E-state index in [1.807, 2.05) is 19.9 Å². The van der Waals surface area contributed by atoms with Gasteiger partial charge in [0.15, 0.2) is 0 Å². The number of hydrogen-bond acceptors (Lipinski definition) is 6. The van der Waals surface area contributed by atoms with E-state index in [0.717, 1.165) is 51.5 Å². The fourth-order valence-corrected chi connectivity index (χ4v) is 3.69. The molecule has 0 saturated carbocycles. The molecule has 150 valence electrons. The van der Waals surface area contributed by atoms with Gasteiger partial charge in [-0.15, -0.1) is 0 Å². The summed E-state index contributed by atoms with van der Waals surface area (Å²) >= 11 is 0. The van der Waals surface area contributed by atoms with Gasteiger partial charge in [0.2, 0.25) is 17.8 Å². The quantitative estimate of drug-likeness (QED) is 0.439. The molecule has 0 atom stereocenters. The van der Waals surface area contributed by atoms with Crippen molar-refractivity contribution >= 4 is 17.8 Å². The smallest absolute Gasteiger partial charge is 1.00 e. The molecular weight excluding hydrogens is 366 g/mol. The first-order valence-electron chi connectivity index (χ1n) is 9.52. The van der Waals surface area contributed by atoms with Crippen LogP contribution in [0.2, 0.25) is 0 Å². The highest BCUT2D eigenvalue weighted by molar-refractivity contribution is 5.98. The van der Waals surface area contributed by atoms with Crippen LogP contribution >= 0.6 is 0 Å². The summed E-state index contributed by atoms with van der Waals surface area (Å²) in [5.74, 6) is 0.780. The fraction of sp³-hybridized carbons (Fsp3) is 0.684. The van der Waals surface area contributed by atoms with Crippen molar-refractivity contribution in [1.29, 1.82) is 0 Å². The number of nitrogens with zero attached hydrogens (tertiary/aromatic N) is 5. The molecule has 3 rings (SSSR count). The largest absolute Gasteiger partial charge is 1.00 e. The molecule has 0 aliphatic carbocycles. The molecule has 1 aromatic heterocycles. The summed E-state index contributed by atoms with van der Waals surface area (Å²) in [4.78, 5) is 39.1. The number of unbranched alkanes of at least 4 members (excludes halogenated alkanes) is 1. The molecule has 1 aromatic rings. The maximum Gasteiger partial charge on any atom is 1.00 e. The van der Waals surface area contributed by atoms with Crippen LogP contribution in [0, 0.1) is 5.41 Å². The van der Waals surface area contributed by atoms with Gasteiger partial charge in [0.05, 0.1) is 0 Å². The molecule has 0 unspecified atom stereocenters. The fourth-order valence-electron chi connectivity index (χ4n) is 3.69. The van der Waals surface area contributed by atoms with Gasteiger partial charge in [-0.2, -0.15) is 0 Å². The second-order valence-electron chi connectivity index (χ2n) is 8.04. The zero-order chi connectivity index (χ0) is 18.6. The van der Waals surface area contributed by atoms with Crippen LogP contribution in [0.5, 0.6) is 0 Å². The molecule has 8 heteroatoms. The highest BCUT2D eigenvalue weighted by Crippen LogP contribution is 2.31. The molecule has 2 aliphatic rings. The molecule has 2 aliphatic heterocycles. The van der Waals surface area contributed by atoms with Gasteiger partial charge in [-0.05, 0) is 30.9 Å². The monoisotopic (exact) mass is 395 g/mol. The molecule has 0 radical (unpaired) electrons. The number of rotatable bonds is 6. The Hall–Kier alpha value is -1.73. The lowest BCUT2D eigenvalue weighted by Crippen LogP contribution is -3.00. The molecular formula is C19H30ClN5O2. The molecule has 3 heterocycles. The lowest BCUT2D eigenvalue weighted by atomic mass is 9.82. The van der Waals surface area contributed by atoms with Crippen molar-refractivity contribution in [2.45, 2.75) is 39.5 Å². The number of imide groups is 1. The van der Waals surface area contributed by atoms with Crippen LogP contribution in [0.1, 0.15) is 41.0 Å². The molecule has 27 heavy (non-hydrogen) atoms. The minimum absolute atomic E-state index is 0. The normalized spacial score (nSPS) is 20.5. The Morgan fingerprint density at radius 1 is 0.963 bits per heavy atom. The van der Waals surface area contributed by atoms with Crippen molar-refractivity contribution in [1.82, 2.24) is 19.8 Å². The number of likely N-dealkylation sites (tertiary alicyclic amines) is 1. The summed E-state index contributed by atoms with van der Waals surface area (Å²) in [5.41, 5.74) is -0.188. The van der Waals surface area contributed by atoms with E-state index >= 15 is 0 Å². The molecule has 2 amide bonds. The van der Waals surface area contributed by atoms with E-state index in [1.165, 1.54) is 4.90 Å². The lowest BCUT2D eigenvalue weighted by molar-refractivity contribution is -0.152. The topological polar surface area (TPSA) is 69.6 Å². The Bertz CT molecular complexity index is 618. The number of anilines is 1. The zero-order valence-electron chi connectivity index (χ0n) is 17.2. The van der Waals surface area contributed by atoms with Gasteiger partial charge in [-0.1, -0.05) is 13.8 Å². The second kappa shape index (κ2) is 9.46. The molecule has 0 spiro atoms. The van der Waals surface area contributed by atoms with Gasteiger partial charge < -0.3 is 17.3 Å². The maximum absolute atomic E-state index is 12.2. The van der Waals surface area contributed by atoms with Crippen molar-refractivity contribution in [2.75, 3.05) is 44.2 Å².